The third-order valence-corrected chi connectivity index (χ3v) is 8.99. The summed E-state index contributed by atoms with van der Waals surface area (Å²) in [6.07, 6.45) is 11.9. The molecule has 202 valence electrons. The Kier molecular flexibility index (Phi) is 6.38. The molecule has 5 aromatic heterocycles. The van der Waals surface area contributed by atoms with E-state index in [2.05, 4.69) is 118 Å². The number of imidazole rings is 2. The van der Waals surface area contributed by atoms with Gasteiger partial charge in [-0.1, -0.05) is 46.9 Å². The van der Waals surface area contributed by atoms with Gasteiger partial charge in [0.05, 0.1) is 26.5 Å². The second-order valence-electron chi connectivity index (χ2n) is 9.36. The standard InChI is InChI=1S/C28H23N10S3/c1-34-23(17-36-11-13-40-27(34)36)21-7-3-19(4-8-21)15-29-31-25-32-33-26(39)38(25)30-16-20-5-9-22(10-6-20)24-18-37-12-14-41-28(37)35(24)2/h3-18H,1-2H3,(H-,31,32,33,39)/q+1/p+1/b29-15+,30-16-. The average molecular weight is 597 g/mol. The van der Waals surface area contributed by atoms with E-state index in [0.717, 1.165) is 33.6 Å². The molecule has 10 nitrogen and oxygen atoms in total. The molecular formula is C28H24N10S3+2. The SMILES string of the molecule is C[n+]1c(-c2ccc(/C=N\n3c(N/N=C/c4ccc(-c5cn6ccsc6[n+]5C)cc4)n[nH]c3=S)cc2)cn2ccsc21. The predicted molar refractivity (Wildman–Crippen MR) is 165 cm³/mol. The smallest absolute Gasteiger partial charge is 0.248 e. The van der Waals surface area contributed by atoms with Crippen LogP contribution < -0.4 is 14.6 Å². The quantitative estimate of drug-likeness (QED) is 0.119. The molecule has 0 aliphatic rings. The van der Waals surface area contributed by atoms with Gasteiger partial charge >= 0.3 is 9.92 Å². The lowest BCUT2D eigenvalue weighted by atomic mass is 10.1. The van der Waals surface area contributed by atoms with Crippen molar-refractivity contribution in [3.8, 4) is 22.5 Å². The Bertz CT molecular complexity index is 2120. The zero-order valence-corrected chi connectivity index (χ0v) is 24.5. The van der Waals surface area contributed by atoms with E-state index in [0.29, 0.717) is 10.7 Å². The molecule has 0 aliphatic carbocycles. The minimum absolute atomic E-state index is 0.362. The number of fused-ring (bicyclic) bond motifs is 2. The molecule has 0 saturated carbocycles. The maximum atomic E-state index is 5.37. The van der Waals surface area contributed by atoms with E-state index in [-0.39, 0.29) is 0 Å². The van der Waals surface area contributed by atoms with E-state index < -0.39 is 0 Å². The normalized spacial score (nSPS) is 12.0. The lowest BCUT2D eigenvalue weighted by Gasteiger charge is -2.01. The molecule has 7 aromatic rings. The fourth-order valence-corrected chi connectivity index (χ4v) is 6.47. The molecule has 0 amide bonds. The Labute approximate surface area is 247 Å². The average Bonchev–Trinajstić information content (AvgIpc) is 3.81. The number of hydrogen-bond acceptors (Lipinski definition) is 7. The molecule has 7 rings (SSSR count). The van der Waals surface area contributed by atoms with E-state index in [1.54, 1.807) is 35.1 Å². The highest BCUT2D eigenvalue weighted by molar-refractivity contribution is 7.71. The molecule has 0 radical (unpaired) electrons. The van der Waals surface area contributed by atoms with Crippen LogP contribution in [0.1, 0.15) is 11.1 Å². The summed E-state index contributed by atoms with van der Waals surface area (Å²) in [6.45, 7) is 0. The van der Waals surface area contributed by atoms with E-state index in [4.69, 9.17) is 12.2 Å². The summed E-state index contributed by atoms with van der Waals surface area (Å²) in [4.78, 5) is 2.37. The van der Waals surface area contributed by atoms with Crippen molar-refractivity contribution < 1.29 is 9.13 Å². The van der Waals surface area contributed by atoms with Crippen LogP contribution in [0.25, 0.3) is 32.4 Å². The lowest BCUT2D eigenvalue weighted by molar-refractivity contribution is -0.631. The minimum atomic E-state index is 0.362. The van der Waals surface area contributed by atoms with Gasteiger partial charge in [0.15, 0.2) is 11.4 Å². The van der Waals surface area contributed by atoms with Crippen LogP contribution in [-0.2, 0) is 14.1 Å². The molecule has 0 bridgehead atoms. The summed E-state index contributed by atoms with van der Waals surface area (Å²) >= 11 is 8.80. The van der Waals surface area contributed by atoms with Gasteiger partial charge in [-0.05, 0) is 47.6 Å². The van der Waals surface area contributed by atoms with Crippen LogP contribution in [-0.4, -0.2) is 36.1 Å². The molecule has 0 saturated heterocycles. The number of aromatic amines is 1. The van der Waals surface area contributed by atoms with Gasteiger partial charge in [-0.2, -0.15) is 23.7 Å². The number of nitrogens with one attached hydrogen (secondary N) is 2. The molecule has 13 heteroatoms. The van der Waals surface area contributed by atoms with Gasteiger partial charge in [-0.3, -0.25) is 0 Å². The number of benzene rings is 2. The van der Waals surface area contributed by atoms with Gasteiger partial charge in [-0.15, -0.1) is 5.10 Å². The van der Waals surface area contributed by atoms with Crippen molar-refractivity contribution >= 4 is 63.2 Å². The van der Waals surface area contributed by atoms with Gasteiger partial charge in [0.1, 0.15) is 24.8 Å². The summed E-state index contributed by atoms with van der Waals surface area (Å²) in [5.41, 5.74) is 9.39. The van der Waals surface area contributed by atoms with Gasteiger partial charge in [-0.25, -0.2) is 19.7 Å². The molecule has 0 atom stereocenters. The molecule has 41 heavy (non-hydrogen) atoms. The first kappa shape index (κ1) is 25.3. The highest BCUT2D eigenvalue weighted by Crippen LogP contribution is 2.21. The Morgan fingerprint density at radius 3 is 1.90 bits per heavy atom. The third kappa shape index (κ3) is 4.69. The van der Waals surface area contributed by atoms with Crippen LogP contribution in [0.3, 0.4) is 0 Å². The Balaban J connectivity index is 1.03. The molecule has 0 aliphatic heterocycles. The van der Waals surface area contributed by atoms with Crippen LogP contribution in [0.4, 0.5) is 5.95 Å². The molecule has 5 heterocycles. The number of hydrazone groups is 1. The Morgan fingerprint density at radius 1 is 0.829 bits per heavy atom. The maximum Gasteiger partial charge on any atom is 0.345 e. The molecule has 0 spiro atoms. The highest BCUT2D eigenvalue weighted by Gasteiger charge is 2.18. The largest absolute Gasteiger partial charge is 0.345 e. The highest BCUT2D eigenvalue weighted by atomic mass is 32.1. The van der Waals surface area contributed by atoms with Crippen molar-refractivity contribution in [1.29, 1.82) is 0 Å². The first-order valence-corrected chi connectivity index (χ1v) is 14.8. The minimum Gasteiger partial charge on any atom is -0.248 e. The molecule has 2 aromatic carbocycles. The van der Waals surface area contributed by atoms with Crippen molar-refractivity contribution in [2.75, 3.05) is 5.43 Å². The summed E-state index contributed by atoms with van der Waals surface area (Å²) in [5, 5.41) is 20.0. The van der Waals surface area contributed by atoms with Crippen LogP contribution in [0.2, 0.25) is 0 Å². The molecule has 0 unspecified atom stereocenters. The van der Waals surface area contributed by atoms with Crippen LogP contribution >= 0.6 is 34.9 Å². The second kappa shape index (κ2) is 10.4. The van der Waals surface area contributed by atoms with Crippen LogP contribution in [0.5, 0.6) is 0 Å². The first-order chi connectivity index (χ1) is 20.0. The Morgan fingerprint density at radius 2 is 1.37 bits per heavy atom. The topological polar surface area (TPSA) is 86.9 Å². The van der Waals surface area contributed by atoms with Crippen molar-refractivity contribution in [3.05, 3.63) is 100.0 Å². The van der Waals surface area contributed by atoms with Crippen molar-refractivity contribution in [3.63, 3.8) is 0 Å². The maximum absolute atomic E-state index is 5.37. The fourth-order valence-electron chi connectivity index (χ4n) is 4.68. The second-order valence-corrected chi connectivity index (χ2v) is 11.5. The zero-order valence-electron chi connectivity index (χ0n) is 22.0. The van der Waals surface area contributed by atoms with Crippen LogP contribution in [0.15, 0.2) is 94.3 Å². The van der Waals surface area contributed by atoms with E-state index in [1.807, 2.05) is 24.3 Å². The number of rotatable bonds is 7. The summed E-state index contributed by atoms with van der Waals surface area (Å²) in [5.74, 6) is 0.387. The monoisotopic (exact) mass is 596 g/mol. The number of H-pyrrole nitrogens is 1. The van der Waals surface area contributed by atoms with E-state index in [9.17, 15) is 0 Å². The molecule has 2 N–H and O–H groups in total. The van der Waals surface area contributed by atoms with E-state index >= 15 is 0 Å². The molecular weight excluding hydrogens is 573 g/mol. The van der Waals surface area contributed by atoms with Crippen LogP contribution in [0, 0.1) is 4.77 Å². The van der Waals surface area contributed by atoms with Crippen molar-refractivity contribution in [2.24, 2.45) is 24.3 Å². The third-order valence-electron chi connectivity index (χ3n) is 6.81. The number of hydrogen-bond donors (Lipinski definition) is 2. The van der Waals surface area contributed by atoms with Gasteiger partial charge in [0.25, 0.3) is 5.95 Å². The number of thiazole rings is 2. The lowest BCUT2D eigenvalue weighted by Crippen LogP contribution is -2.28. The van der Waals surface area contributed by atoms with Gasteiger partial charge in [0.2, 0.25) is 4.77 Å². The van der Waals surface area contributed by atoms with E-state index in [1.165, 1.54) is 14.6 Å². The number of aryl methyl sites for hydroxylation is 2. The summed E-state index contributed by atoms with van der Waals surface area (Å²) in [6, 6.07) is 16.5. The first-order valence-electron chi connectivity index (χ1n) is 12.7. The van der Waals surface area contributed by atoms with Crippen molar-refractivity contribution in [1.82, 2.24) is 23.7 Å². The van der Waals surface area contributed by atoms with Gasteiger partial charge in [0, 0.05) is 21.9 Å². The zero-order chi connectivity index (χ0) is 27.9. The molecule has 0 fully saturated rings. The number of aromatic nitrogens is 7. The summed E-state index contributed by atoms with van der Waals surface area (Å²) in [7, 11) is 4.16. The Hall–Kier alpha value is -4.72. The predicted octanol–water partition coefficient (Wildman–Crippen LogP) is 4.88. The fraction of sp³-hybridized carbons (Fsp3) is 0.0714. The van der Waals surface area contributed by atoms with Crippen molar-refractivity contribution in [2.45, 2.75) is 0 Å². The van der Waals surface area contributed by atoms with Gasteiger partial charge < -0.3 is 0 Å². The number of nitrogens with zero attached hydrogens (tertiary/aromatic N) is 8. The number of anilines is 1. The summed E-state index contributed by atoms with van der Waals surface area (Å²) < 4.78 is 10.5.